The molecule has 1 aromatic rings. The smallest absolute Gasteiger partial charge is 0.367 e. The van der Waals surface area contributed by atoms with Gasteiger partial charge >= 0.3 is 6.18 Å². The van der Waals surface area contributed by atoms with Crippen molar-refractivity contribution in [2.24, 2.45) is 5.92 Å². The van der Waals surface area contributed by atoms with E-state index in [4.69, 9.17) is 4.74 Å². The van der Waals surface area contributed by atoms with Gasteiger partial charge in [0, 0.05) is 12.7 Å². The van der Waals surface area contributed by atoms with Gasteiger partial charge < -0.3 is 10.1 Å². The molecule has 1 heterocycles. The van der Waals surface area contributed by atoms with E-state index in [0.717, 1.165) is 19.2 Å². The van der Waals surface area contributed by atoms with Crippen LogP contribution in [-0.2, 0) is 17.8 Å². The summed E-state index contributed by atoms with van der Waals surface area (Å²) in [6, 6.07) is 0. The van der Waals surface area contributed by atoms with E-state index >= 15 is 0 Å². The quantitative estimate of drug-likeness (QED) is 0.796. The van der Waals surface area contributed by atoms with Crippen molar-refractivity contribution in [3.05, 3.63) is 11.9 Å². The Morgan fingerprint density at radius 1 is 1.35 bits per heavy atom. The topological polar surface area (TPSA) is 52.0 Å². The van der Waals surface area contributed by atoms with Crippen molar-refractivity contribution in [3.8, 4) is 0 Å². The predicted octanol–water partition coefficient (Wildman–Crippen LogP) is 1.99. The predicted molar refractivity (Wildman–Crippen MR) is 68.0 cm³/mol. The second-order valence-corrected chi connectivity index (χ2v) is 5.05. The normalized spacial score (nSPS) is 13.9. The highest BCUT2D eigenvalue weighted by Crippen LogP contribution is 2.22. The van der Waals surface area contributed by atoms with Crippen LogP contribution < -0.4 is 5.32 Å². The third kappa shape index (κ3) is 6.33. The number of rotatable bonds is 8. The lowest BCUT2D eigenvalue weighted by atomic mass is 10.2. The molecule has 116 valence electrons. The first-order valence-electron chi connectivity index (χ1n) is 6.57. The highest BCUT2D eigenvalue weighted by molar-refractivity contribution is 4.91. The molecule has 0 spiro atoms. The third-order valence-electron chi connectivity index (χ3n) is 2.59. The van der Waals surface area contributed by atoms with E-state index in [1.165, 1.54) is 4.68 Å². The minimum atomic E-state index is -4.33. The van der Waals surface area contributed by atoms with Gasteiger partial charge in [0.2, 0.25) is 0 Å². The largest absolute Gasteiger partial charge is 0.414 e. The molecule has 0 amide bonds. The standard InChI is InChI=1S/C12H21F3N4O/c1-9(2)6-16-7-11-8-19(18-17-11)4-5-20-10(3)12(13,14)15/h8-10,16H,4-7H2,1-3H3. The third-order valence-corrected chi connectivity index (χ3v) is 2.59. The summed E-state index contributed by atoms with van der Waals surface area (Å²) in [5.74, 6) is 0.544. The van der Waals surface area contributed by atoms with Gasteiger partial charge in [0.15, 0.2) is 6.10 Å². The van der Waals surface area contributed by atoms with E-state index in [1.807, 2.05) is 0 Å². The molecule has 1 aromatic heterocycles. The zero-order valence-corrected chi connectivity index (χ0v) is 11.9. The van der Waals surface area contributed by atoms with Gasteiger partial charge in [0.25, 0.3) is 0 Å². The van der Waals surface area contributed by atoms with Crippen LogP contribution in [0.15, 0.2) is 6.20 Å². The van der Waals surface area contributed by atoms with Crippen LogP contribution in [0, 0.1) is 5.92 Å². The van der Waals surface area contributed by atoms with Gasteiger partial charge in [-0.1, -0.05) is 19.1 Å². The van der Waals surface area contributed by atoms with Crippen molar-refractivity contribution in [2.75, 3.05) is 13.2 Å². The van der Waals surface area contributed by atoms with E-state index in [1.54, 1.807) is 6.20 Å². The Morgan fingerprint density at radius 2 is 2.05 bits per heavy atom. The van der Waals surface area contributed by atoms with Crippen LogP contribution in [0.1, 0.15) is 26.5 Å². The van der Waals surface area contributed by atoms with E-state index in [2.05, 4.69) is 29.5 Å². The molecule has 8 heteroatoms. The average molecular weight is 294 g/mol. The Morgan fingerprint density at radius 3 is 2.65 bits per heavy atom. The molecule has 0 fully saturated rings. The zero-order chi connectivity index (χ0) is 15.2. The summed E-state index contributed by atoms with van der Waals surface area (Å²) in [7, 11) is 0. The lowest BCUT2D eigenvalue weighted by molar-refractivity contribution is -0.214. The fraction of sp³-hybridized carbons (Fsp3) is 0.833. The highest BCUT2D eigenvalue weighted by atomic mass is 19.4. The first-order valence-corrected chi connectivity index (χ1v) is 6.57. The fourth-order valence-corrected chi connectivity index (χ4v) is 1.44. The number of hydrogen-bond donors (Lipinski definition) is 1. The molecule has 1 N–H and O–H groups in total. The van der Waals surface area contributed by atoms with Gasteiger partial charge in [0.1, 0.15) is 0 Å². The molecule has 1 unspecified atom stereocenters. The Balaban J connectivity index is 2.27. The first-order chi connectivity index (χ1) is 9.29. The molecule has 5 nitrogen and oxygen atoms in total. The van der Waals surface area contributed by atoms with Gasteiger partial charge in [-0.2, -0.15) is 13.2 Å². The molecule has 0 saturated heterocycles. The van der Waals surface area contributed by atoms with Crippen LogP contribution >= 0.6 is 0 Å². The Kier molecular flexibility index (Phi) is 6.41. The molecule has 0 aliphatic heterocycles. The number of ether oxygens (including phenoxy) is 1. The van der Waals surface area contributed by atoms with Gasteiger partial charge in [-0.25, -0.2) is 4.68 Å². The maximum atomic E-state index is 12.2. The van der Waals surface area contributed by atoms with Crippen molar-refractivity contribution in [2.45, 2.75) is 46.1 Å². The van der Waals surface area contributed by atoms with Gasteiger partial charge in [-0.05, 0) is 19.4 Å². The Bertz CT molecular complexity index is 392. The van der Waals surface area contributed by atoms with Crippen LogP contribution in [-0.4, -0.2) is 40.4 Å². The molecule has 20 heavy (non-hydrogen) atoms. The van der Waals surface area contributed by atoms with Crippen molar-refractivity contribution in [3.63, 3.8) is 0 Å². The minimum absolute atomic E-state index is 0.0527. The molecular weight excluding hydrogens is 273 g/mol. The van der Waals surface area contributed by atoms with E-state index in [9.17, 15) is 13.2 Å². The van der Waals surface area contributed by atoms with Crippen molar-refractivity contribution in [1.82, 2.24) is 20.3 Å². The number of aromatic nitrogens is 3. The summed E-state index contributed by atoms with van der Waals surface area (Å²) >= 11 is 0. The van der Waals surface area contributed by atoms with Crippen molar-refractivity contribution in [1.29, 1.82) is 0 Å². The molecule has 0 aliphatic rings. The number of nitrogens with one attached hydrogen (secondary N) is 1. The fourth-order valence-electron chi connectivity index (χ4n) is 1.44. The summed E-state index contributed by atoms with van der Waals surface area (Å²) in [5, 5.41) is 11.0. The summed E-state index contributed by atoms with van der Waals surface area (Å²) in [6.07, 6.45) is -4.39. The summed E-state index contributed by atoms with van der Waals surface area (Å²) in [6.45, 7) is 6.85. The molecule has 0 aliphatic carbocycles. The highest BCUT2D eigenvalue weighted by Gasteiger charge is 2.36. The van der Waals surface area contributed by atoms with Crippen LogP contribution in [0.4, 0.5) is 13.2 Å². The Hall–Kier alpha value is -1.15. The van der Waals surface area contributed by atoms with Crippen molar-refractivity contribution < 1.29 is 17.9 Å². The van der Waals surface area contributed by atoms with E-state index < -0.39 is 12.3 Å². The molecule has 0 radical (unpaired) electrons. The average Bonchev–Trinajstić information content (AvgIpc) is 2.75. The Labute approximate surface area is 116 Å². The van der Waals surface area contributed by atoms with Crippen LogP contribution in [0.2, 0.25) is 0 Å². The molecule has 1 rings (SSSR count). The number of hydrogen-bond acceptors (Lipinski definition) is 4. The molecule has 0 aromatic carbocycles. The van der Waals surface area contributed by atoms with Gasteiger partial charge in [0.05, 0.1) is 18.8 Å². The second kappa shape index (κ2) is 7.58. The van der Waals surface area contributed by atoms with Crippen molar-refractivity contribution >= 4 is 0 Å². The molecule has 0 saturated carbocycles. The van der Waals surface area contributed by atoms with Gasteiger partial charge in [-0.15, -0.1) is 5.10 Å². The first kappa shape index (κ1) is 16.9. The minimum Gasteiger partial charge on any atom is -0.367 e. The maximum Gasteiger partial charge on any atom is 0.414 e. The zero-order valence-electron chi connectivity index (χ0n) is 11.9. The second-order valence-electron chi connectivity index (χ2n) is 5.05. The molecular formula is C12H21F3N4O. The lowest BCUT2D eigenvalue weighted by Crippen LogP contribution is -2.29. The number of nitrogens with zero attached hydrogens (tertiary/aromatic N) is 3. The van der Waals surface area contributed by atoms with Crippen LogP contribution in [0.5, 0.6) is 0 Å². The summed E-state index contributed by atoms with van der Waals surface area (Å²) < 4.78 is 42.8. The van der Waals surface area contributed by atoms with E-state index in [0.29, 0.717) is 12.5 Å². The molecule has 1 atom stereocenters. The SMILES string of the molecule is CC(C)CNCc1cn(CCOC(C)C(F)(F)F)nn1. The molecule has 0 bridgehead atoms. The number of halogens is 3. The summed E-state index contributed by atoms with van der Waals surface area (Å²) in [5.41, 5.74) is 0.759. The number of alkyl halides is 3. The van der Waals surface area contributed by atoms with Crippen LogP contribution in [0.25, 0.3) is 0 Å². The van der Waals surface area contributed by atoms with E-state index in [-0.39, 0.29) is 13.2 Å². The maximum absolute atomic E-state index is 12.2. The van der Waals surface area contributed by atoms with Gasteiger partial charge in [-0.3, -0.25) is 0 Å². The lowest BCUT2D eigenvalue weighted by Gasteiger charge is -2.15. The summed E-state index contributed by atoms with van der Waals surface area (Å²) in [4.78, 5) is 0. The monoisotopic (exact) mass is 294 g/mol. The van der Waals surface area contributed by atoms with Crippen LogP contribution in [0.3, 0.4) is 0 Å².